The van der Waals surface area contributed by atoms with E-state index < -0.39 is 0 Å². The van der Waals surface area contributed by atoms with Crippen molar-refractivity contribution in [3.05, 3.63) is 34.4 Å². The van der Waals surface area contributed by atoms with Gasteiger partial charge in [-0.25, -0.2) is 9.97 Å². The van der Waals surface area contributed by atoms with Crippen molar-refractivity contribution in [2.75, 3.05) is 11.9 Å². The minimum atomic E-state index is 0.270. The predicted molar refractivity (Wildman–Crippen MR) is 82.2 cm³/mol. The quantitative estimate of drug-likeness (QED) is 0.743. The fraction of sp³-hybridized carbons (Fsp3) is 0.357. The Morgan fingerprint density at radius 2 is 2.10 bits per heavy atom. The Kier molecular flexibility index (Phi) is 3.17. The van der Waals surface area contributed by atoms with Gasteiger partial charge in [0.25, 0.3) is 0 Å². The van der Waals surface area contributed by atoms with Gasteiger partial charge in [-0.1, -0.05) is 0 Å². The van der Waals surface area contributed by atoms with E-state index in [0.29, 0.717) is 0 Å². The summed E-state index contributed by atoms with van der Waals surface area (Å²) in [4.78, 5) is 13.6. The molecule has 0 aliphatic carbocycles. The number of aromatic nitrogens is 4. The first-order chi connectivity index (χ1) is 9.58. The lowest BCUT2D eigenvalue weighted by molar-refractivity contribution is 0.743. The van der Waals surface area contributed by atoms with Crippen molar-refractivity contribution < 1.29 is 0 Å². The van der Waals surface area contributed by atoms with Gasteiger partial charge < -0.3 is 4.90 Å². The number of rotatable bonds is 3. The number of aryl methyl sites for hydroxylation is 2. The summed E-state index contributed by atoms with van der Waals surface area (Å²) in [6, 6.07) is 4.61. The van der Waals surface area contributed by atoms with E-state index in [1.165, 1.54) is 9.75 Å². The van der Waals surface area contributed by atoms with Gasteiger partial charge >= 0.3 is 0 Å². The van der Waals surface area contributed by atoms with Gasteiger partial charge in [0.2, 0.25) is 0 Å². The normalized spacial score (nSPS) is 12.8. The Morgan fingerprint density at radius 1 is 1.30 bits per heavy atom. The average Bonchev–Trinajstić information content (AvgIpc) is 3.04. The van der Waals surface area contributed by atoms with E-state index in [9.17, 15) is 0 Å². The summed E-state index contributed by atoms with van der Waals surface area (Å²) in [5.74, 6) is 0.918. The van der Waals surface area contributed by atoms with Crippen molar-refractivity contribution in [3.63, 3.8) is 0 Å². The van der Waals surface area contributed by atoms with Crippen LogP contribution in [0.2, 0.25) is 0 Å². The van der Waals surface area contributed by atoms with Gasteiger partial charge in [-0.2, -0.15) is 5.10 Å². The first-order valence-electron chi connectivity index (χ1n) is 6.50. The molecule has 0 aromatic carbocycles. The molecule has 104 valence electrons. The highest BCUT2D eigenvalue weighted by Gasteiger charge is 2.18. The molecule has 1 unspecified atom stereocenters. The molecule has 0 saturated heterocycles. The van der Waals surface area contributed by atoms with Gasteiger partial charge in [-0.3, -0.25) is 4.68 Å². The van der Waals surface area contributed by atoms with Crippen LogP contribution in [0.25, 0.3) is 11.0 Å². The average molecular weight is 287 g/mol. The smallest absolute Gasteiger partial charge is 0.163 e. The van der Waals surface area contributed by atoms with E-state index in [4.69, 9.17) is 0 Å². The van der Waals surface area contributed by atoms with Crippen LogP contribution in [-0.2, 0) is 7.05 Å². The summed E-state index contributed by atoms with van der Waals surface area (Å²) in [5.41, 5.74) is 0.858. The molecule has 0 amide bonds. The molecule has 3 aromatic heterocycles. The second-order valence-electron chi connectivity index (χ2n) is 4.94. The molecule has 6 heteroatoms. The van der Waals surface area contributed by atoms with E-state index in [-0.39, 0.29) is 6.04 Å². The second-order valence-corrected chi connectivity index (χ2v) is 6.26. The van der Waals surface area contributed by atoms with E-state index in [2.05, 4.69) is 53.0 Å². The van der Waals surface area contributed by atoms with Gasteiger partial charge in [0, 0.05) is 23.8 Å². The lowest BCUT2D eigenvalue weighted by atomic mass is 10.2. The van der Waals surface area contributed by atoms with Gasteiger partial charge in [0.15, 0.2) is 5.65 Å². The molecule has 0 saturated carbocycles. The Morgan fingerprint density at radius 3 is 2.80 bits per heavy atom. The van der Waals surface area contributed by atoms with Gasteiger partial charge in [0.1, 0.15) is 12.1 Å². The zero-order valence-corrected chi connectivity index (χ0v) is 12.8. The fourth-order valence-electron chi connectivity index (χ4n) is 2.28. The topological polar surface area (TPSA) is 46.8 Å². The van der Waals surface area contributed by atoms with Crippen LogP contribution in [0.5, 0.6) is 0 Å². The van der Waals surface area contributed by atoms with Crippen LogP contribution in [0.3, 0.4) is 0 Å². The molecule has 0 spiro atoms. The molecule has 20 heavy (non-hydrogen) atoms. The van der Waals surface area contributed by atoms with Crippen LogP contribution < -0.4 is 4.90 Å². The molecule has 3 heterocycles. The second kappa shape index (κ2) is 4.86. The molecule has 0 aliphatic heterocycles. The zero-order valence-electron chi connectivity index (χ0n) is 12.0. The highest BCUT2D eigenvalue weighted by Crippen LogP contribution is 2.31. The number of fused-ring (bicyclic) bond motifs is 1. The van der Waals surface area contributed by atoms with Gasteiger partial charge in [0.05, 0.1) is 17.6 Å². The van der Waals surface area contributed by atoms with Crippen molar-refractivity contribution in [2.45, 2.75) is 19.9 Å². The van der Waals surface area contributed by atoms with Crippen LogP contribution >= 0.6 is 11.3 Å². The molecule has 0 N–H and O–H groups in total. The Hall–Kier alpha value is -1.95. The summed E-state index contributed by atoms with van der Waals surface area (Å²) >= 11 is 1.82. The van der Waals surface area contributed by atoms with Crippen molar-refractivity contribution in [2.24, 2.45) is 7.05 Å². The number of thiophene rings is 1. The van der Waals surface area contributed by atoms with Crippen molar-refractivity contribution >= 4 is 28.2 Å². The molecule has 3 rings (SSSR count). The first kappa shape index (κ1) is 13.1. The standard InChI is InChI=1S/C14H17N5S/c1-9-5-6-12(20-9)10(2)18(3)13-11-7-17-19(4)14(11)16-8-15-13/h5-8,10H,1-4H3. The third-order valence-corrected chi connectivity index (χ3v) is 4.77. The van der Waals surface area contributed by atoms with Crippen LogP contribution in [-0.4, -0.2) is 26.8 Å². The summed E-state index contributed by atoms with van der Waals surface area (Å²) in [5, 5.41) is 5.25. The minimum Gasteiger partial charge on any atom is -0.351 e. The largest absolute Gasteiger partial charge is 0.351 e. The summed E-state index contributed by atoms with van der Waals surface area (Å²) in [6.45, 7) is 4.32. The lowest BCUT2D eigenvalue weighted by Gasteiger charge is -2.25. The number of nitrogens with zero attached hydrogens (tertiary/aromatic N) is 5. The van der Waals surface area contributed by atoms with Crippen LogP contribution in [0, 0.1) is 6.92 Å². The third kappa shape index (κ3) is 2.06. The molecule has 5 nitrogen and oxygen atoms in total. The van der Waals surface area contributed by atoms with Gasteiger partial charge in [-0.05, 0) is 26.0 Å². The maximum atomic E-state index is 4.44. The molecular weight excluding hydrogens is 270 g/mol. The molecule has 0 radical (unpaired) electrons. The summed E-state index contributed by atoms with van der Waals surface area (Å²) in [7, 11) is 3.96. The van der Waals surface area contributed by atoms with Crippen LogP contribution in [0.4, 0.5) is 5.82 Å². The van der Waals surface area contributed by atoms with E-state index in [0.717, 1.165) is 16.9 Å². The highest BCUT2D eigenvalue weighted by atomic mass is 32.1. The highest BCUT2D eigenvalue weighted by molar-refractivity contribution is 7.12. The number of anilines is 1. The fourth-order valence-corrected chi connectivity index (χ4v) is 3.26. The molecule has 0 bridgehead atoms. The minimum absolute atomic E-state index is 0.270. The summed E-state index contributed by atoms with van der Waals surface area (Å²) < 4.78 is 1.77. The monoisotopic (exact) mass is 287 g/mol. The molecule has 0 aliphatic rings. The predicted octanol–water partition coefficient (Wildman–Crippen LogP) is 2.93. The van der Waals surface area contributed by atoms with E-state index in [1.807, 2.05) is 24.6 Å². The van der Waals surface area contributed by atoms with E-state index >= 15 is 0 Å². The third-order valence-electron chi connectivity index (χ3n) is 3.60. The maximum absolute atomic E-state index is 4.44. The number of hydrogen-bond donors (Lipinski definition) is 0. The molecule has 1 atom stereocenters. The van der Waals surface area contributed by atoms with Crippen molar-refractivity contribution in [1.29, 1.82) is 0 Å². The van der Waals surface area contributed by atoms with Crippen LogP contribution in [0.15, 0.2) is 24.7 Å². The SMILES string of the molecule is Cc1ccc(C(C)N(C)c2ncnc3c2cnn3C)s1. The van der Waals surface area contributed by atoms with Crippen molar-refractivity contribution in [3.8, 4) is 0 Å². The van der Waals surface area contributed by atoms with Gasteiger partial charge in [-0.15, -0.1) is 11.3 Å². The Bertz CT molecular complexity index is 745. The number of hydrogen-bond acceptors (Lipinski definition) is 5. The Balaban J connectivity index is 2.02. The molecule has 3 aromatic rings. The lowest BCUT2D eigenvalue weighted by Crippen LogP contribution is -2.22. The maximum Gasteiger partial charge on any atom is 0.163 e. The Labute approximate surface area is 121 Å². The zero-order chi connectivity index (χ0) is 14.3. The first-order valence-corrected chi connectivity index (χ1v) is 7.31. The molecular formula is C14H17N5S. The van der Waals surface area contributed by atoms with Crippen LogP contribution in [0.1, 0.15) is 22.7 Å². The molecule has 0 fully saturated rings. The van der Waals surface area contributed by atoms with E-state index in [1.54, 1.807) is 11.0 Å². The summed E-state index contributed by atoms with van der Waals surface area (Å²) in [6.07, 6.45) is 3.43. The van der Waals surface area contributed by atoms with Crippen molar-refractivity contribution in [1.82, 2.24) is 19.7 Å².